The third-order valence-corrected chi connectivity index (χ3v) is 6.24. The van der Waals surface area contributed by atoms with Crippen LogP contribution >= 0.6 is 0 Å². The summed E-state index contributed by atoms with van der Waals surface area (Å²) in [5, 5.41) is 11.0. The maximum absolute atomic E-state index is 13.1. The molecule has 5 atom stereocenters. The van der Waals surface area contributed by atoms with Crippen LogP contribution in [0.25, 0.3) is 0 Å². The van der Waals surface area contributed by atoms with E-state index in [9.17, 15) is 9.90 Å². The van der Waals surface area contributed by atoms with Crippen LogP contribution in [0.15, 0.2) is 36.4 Å². The van der Waals surface area contributed by atoms with Gasteiger partial charge in [-0.2, -0.15) is 0 Å². The zero-order valence-corrected chi connectivity index (χ0v) is 15.7. The van der Waals surface area contributed by atoms with Gasteiger partial charge in [0.25, 0.3) is 0 Å². The first-order valence-corrected chi connectivity index (χ1v) is 9.06. The molecule has 0 aromatic heterocycles. The third kappa shape index (κ3) is 2.36. The molecule has 3 aliphatic rings. The highest BCUT2D eigenvalue weighted by Crippen LogP contribution is 2.57. The number of hydrogen-bond acceptors (Lipinski definition) is 6. The van der Waals surface area contributed by atoms with Crippen molar-refractivity contribution in [3.8, 4) is 17.2 Å². The van der Waals surface area contributed by atoms with Crippen molar-refractivity contribution < 1.29 is 28.8 Å². The van der Waals surface area contributed by atoms with Gasteiger partial charge in [-0.25, -0.2) is 0 Å². The molecule has 1 aliphatic heterocycles. The van der Waals surface area contributed by atoms with Crippen LogP contribution < -0.4 is 14.2 Å². The van der Waals surface area contributed by atoms with Crippen molar-refractivity contribution in [2.24, 2.45) is 11.8 Å². The van der Waals surface area contributed by atoms with E-state index in [4.69, 9.17) is 18.9 Å². The topological polar surface area (TPSA) is 74.2 Å². The average Bonchev–Trinajstić information content (AvgIpc) is 3.20. The van der Waals surface area contributed by atoms with Gasteiger partial charge in [0.05, 0.1) is 19.1 Å². The van der Waals surface area contributed by atoms with Gasteiger partial charge in [-0.1, -0.05) is 13.0 Å². The van der Waals surface area contributed by atoms with Crippen LogP contribution in [-0.2, 0) is 9.53 Å². The normalized spacial score (nSPS) is 33.8. The van der Waals surface area contributed by atoms with Gasteiger partial charge in [-0.05, 0) is 41.7 Å². The molecule has 144 valence electrons. The Balaban J connectivity index is 1.84. The summed E-state index contributed by atoms with van der Waals surface area (Å²) in [7, 11) is 3.15. The molecule has 0 radical (unpaired) electrons. The predicted octanol–water partition coefficient (Wildman–Crippen LogP) is 2.60. The standard InChI is InChI=1S/C21H24O6/c1-5-6-12-9-21(25-4)11(2)16(17(18(12)22)20(21)23)13-7-14(24-3)19-15(8-13)26-10-27-19/h5,7-9,11,16-17,20,23H,1,6,10H2,2-4H3. The summed E-state index contributed by atoms with van der Waals surface area (Å²) in [6, 6.07) is 3.75. The predicted molar refractivity (Wildman–Crippen MR) is 98.2 cm³/mol. The summed E-state index contributed by atoms with van der Waals surface area (Å²) in [6.07, 6.45) is 3.04. The van der Waals surface area contributed by atoms with Gasteiger partial charge in [-0.15, -0.1) is 6.58 Å². The van der Waals surface area contributed by atoms with Crippen LogP contribution in [0.4, 0.5) is 0 Å². The molecule has 4 rings (SSSR count). The van der Waals surface area contributed by atoms with Crippen LogP contribution in [0, 0.1) is 11.8 Å². The Morgan fingerprint density at radius 1 is 1.33 bits per heavy atom. The SMILES string of the molecule is C=CCC1=CC2(OC)C(C)C(c3cc(OC)c4c(c3)OCO4)C(C1=O)C2O. The number of hydrogen-bond donors (Lipinski definition) is 1. The van der Waals surface area contributed by atoms with E-state index in [1.165, 1.54) is 0 Å². The molecule has 6 heteroatoms. The van der Waals surface area contributed by atoms with Crippen LogP contribution in [0.1, 0.15) is 24.8 Å². The quantitative estimate of drug-likeness (QED) is 0.801. The molecule has 0 saturated heterocycles. The molecule has 1 N–H and O–H groups in total. The van der Waals surface area contributed by atoms with E-state index in [-0.39, 0.29) is 24.4 Å². The maximum atomic E-state index is 13.1. The van der Waals surface area contributed by atoms with Crippen molar-refractivity contribution in [1.82, 2.24) is 0 Å². The Morgan fingerprint density at radius 2 is 2.11 bits per heavy atom. The molecule has 1 aromatic rings. The number of aliphatic hydroxyl groups excluding tert-OH is 1. The molecule has 1 fully saturated rings. The molecular weight excluding hydrogens is 348 g/mol. The monoisotopic (exact) mass is 372 g/mol. The first-order valence-electron chi connectivity index (χ1n) is 9.06. The van der Waals surface area contributed by atoms with E-state index in [2.05, 4.69) is 6.58 Å². The van der Waals surface area contributed by atoms with Crippen molar-refractivity contribution in [1.29, 1.82) is 0 Å². The fourth-order valence-electron chi connectivity index (χ4n) is 4.94. The molecule has 5 unspecified atom stereocenters. The minimum Gasteiger partial charge on any atom is -0.493 e. The molecule has 2 aliphatic carbocycles. The Morgan fingerprint density at radius 3 is 2.78 bits per heavy atom. The maximum Gasteiger partial charge on any atom is 0.231 e. The second-order valence-electron chi connectivity index (χ2n) is 7.33. The van der Waals surface area contributed by atoms with Gasteiger partial charge in [0.2, 0.25) is 12.5 Å². The van der Waals surface area contributed by atoms with Crippen LogP contribution in [-0.4, -0.2) is 43.6 Å². The van der Waals surface area contributed by atoms with Crippen LogP contribution in [0.5, 0.6) is 17.2 Å². The number of aliphatic hydroxyl groups is 1. The molecule has 27 heavy (non-hydrogen) atoms. The van der Waals surface area contributed by atoms with Crippen molar-refractivity contribution in [3.63, 3.8) is 0 Å². The lowest BCUT2D eigenvalue weighted by Crippen LogP contribution is -2.48. The second-order valence-corrected chi connectivity index (χ2v) is 7.33. The highest BCUT2D eigenvalue weighted by Gasteiger charge is 2.63. The van der Waals surface area contributed by atoms with Gasteiger partial charge in [0, 0.05) is 13.0 Å². The second kappa shape index (κ2) is 6.39. The molecule has 0 spiro atoms. The van der Waals surface area contributed by atoms with E-state index >= 15 is 0 Å². The number of benzene rings is 1. The van der Waals surface area contributed by atoms with Gasteiger partial charge in [-0.3, -0.25) is 4.79 Å². The number of fused-ring (bicyclic) bond motifs is 3. The lowest BCUT2D eigenvalue weighted by Gasteiger charge is -2.36. The average molecular weight is 372 g/mol. The molecule has 6 nitrogen and oxygen atoms in total. The minimum atomic E-state index is -0.917. The van der Waals surface area contributed by atoms with Crippen molar-refractivity contribution in [2.45, 2.75) is 31.0 Å². The fourth-order valence-corrected chi connectivity index (χ4v) is 4.94. The largest absolute Gasteiger partial charge is 0.493 e. The van der Waals surface area contributed by atoms with Gasteiger partial charge in [0.1, 0.15) is 5.60 Å². The first kappa shape index (κ1) is 18.1. The van der Waals surface area contributed by atoms with Crippen LogP contribution in [0.3, 0.4) is 0 Å². The fraction of sp³-hybridized carbons (Fsp3) is 0.476. The smallest absolute Gasteiger partial charge is 0.231 e. The van der Waals surface area contributed by atoms with E-state index in [1.54, 1.807) is 26.4 Å². The number of ketones is 1. The highest BCUT2D eigenvalue weighted by molar-refractivity contribution is 6.00. The number of methoxy groups -OCH3 is 2. The summed E-state index contributed by atoms with van der Waals surface area (Å²) in [4.78, 5) is 13.1. The Hall–Kier alpha value is -2.31. The summed E-state index contributed by atoms with van der Waals surface area (Å²) in [5.74, 6) is 0.694. The highest BCUT2D eigenvalue weighted by atomic mass is 16.7. The third-order valence-electron chi connectivity index (χ3n) is 6.24. The molecule has 1 heterocycles. The number of rotatable bonds is 5. The molecule has 1 saturated carbocycles. The van der Waals surface area contributed by atoms with Gasteiger partial charge < -0.3 is 24.1 Å². The molecule has 2 bridgehead atoms. The van der Waals surface area contributed by atoms with Crippen molar-refractivity contribution in [2.75, 3.05) is 21.0 Å². The minimum absolute atomic E-state index is 0.0546. The van der Waals surface area contributed by atoms with Gasteiger partial charge in [0.15, 0.2) is 17.3 Å². The first-order chi connectivity index (χ1) is 13.0. The Bertz CT molecular complexity index is 828. The van der Waals surface area contributed by atoms with Crippen molar-refractivity contribution in [3.05, 3.63) is 42.0 Å². The summed E-state index contributed by atoms with van der Waals surface area (Å²) in [5.41, 5.74) is 0.600. The zero-order valence-electron chi connectivity index (χ0n) is 15.7. The molecule has 1 aromatic carbocycles. The number of ether oxygens (including phenoxy) is 4. The van der Waals surface area contributed by atoms with E-state index in [0.717, 1.165) is 5.56 Å². The van der Waals surface area contributed by atoms with E-state index in [0.29, 0.717) is 29.2 Å². The van der Waals surface area contributed by atoms with Gasteiger partial charge >= 0.3 is 0 Å². The lowest BCUT2D eigenvalue weighted by atomic mass is 9.79. The number of carbonyl (C=O) groups is 1. The van der Waals surface area contributed by atoms with E-state index in [1.807, 2.05) is 19.1 Å². The van der Waals surface area contributed by atoms with E-state index < -0.39 is 17.6 Å². The molecular formula is C21H24O6. The summed E-state index contributed by atoms with van der Waals surface area (Å²) in [6.45, 7) is 5.88. The zero-order chi connectivity index (χ0) is 19.3. The number of allylic oxidation sites excluding steroid dienone is 2. The summed E-state index contributed by atoms with van der Waals surface area (Å²) >= 11 is 0. The number of carbonyl (C=O) groups excluding carboxylic acids is 1. The Kier molecular flexibility index (Phi) is 4.28. The number of Topliss-reactive ketones (excluding diaryl/α,β-unsaturated/α-hetero) is 1. The van der Waals surface area contributed by atoms with Crippen molar-refractivity contribution >= 4 is 5.78 Å². The van der Waals surface area contributed by atoms with Crippen LogP contribution in [0.2, 0.25) is 0 Å². The summed E-state index contributed by atoms with van der Waals surface area (Å²) < 4.78 is 22.3. The Labute approximate surface area is 158 Å². The lowest BCUT2D eigenvalue weighted by molar-refractivity contribution is -0.130. The molecule has 0 amide bonds.